The molecule has 5 rings (SSSR count). The minimum absolute atomic E-state index is 0.0186. The number of fused-ring (bicyclic) bond motifs is 1. The molecule has 1 aliphatic heterocycles. The molecule has 0 bridgehead atoms. The lowest BCUT2D eigenvalue weighted by Crippen LogP contribution is -2.45. The van der Waals surface area contributed by atoms with Gasteiger partial charge in [0.15, 0.2) is 17.5 Å². The van der Waals surface area contributed by atoms with Gasteiger partial charge in [-0.15, -0.1) is 0 Å². The number of nitrogens with zero attached hydrogens (tertiary/aromatic N) is 5. The Bertz CT molecular complexity index is 1390. The third-order valence-corrected chi connectivity index (χ3v) is 5.79. The summed E-state index contributed by atoms with van der Waals surface area (Å²) in [4.78, 5) is 16.2. The van der Waals surface area contributed by atoms with E-state index in [4.69, 9.17) is 4.74 Å². The smallest absolute Gasteiger partial charge is 0.230 e. The third kappa shape index (κ3) is 4.80. The van der Waals surface area contributed by atoms with E-state index >= 15 is 4.39 Å². The molecule has 1 aromatic carbocycles. The molecule has 4 aromatic rings. The quantitative estimate of drug-likeness (QED) is 0.371. The van der Waals surface area contributed by atoms with Crippen LogP contribution in [0, 0.1) is 18.6 Å². The van der Waals surface area contributed by atoms with Gasteiger partial charge in [-0.05, 0) is 33.0 Å². The number of nitrogens with one attached hydrogen (secondary N) is 3. The second-order valence-electron chi connectivity index (χ2n) is 8.53. The van der Waals surface area contributed by atoms with Gasteiger partial charge in [0.1, 0.15) is 5.82 Å². The van der Waals surface area contributed by atoms with Crippen LogP contribution >= 0.6 is 0 Å². The highest BCUT2D eigenvalue weighted by atomic mass is 19.1. The van der Waals surface area contributed by atoms with Crippen LogP contribution in [-0.4, -0.2) is 63.3 Å². The molecule has 0 spiro atoms. The first kappa shape index (κ1) is 22.8. The molecule has 11 heteroatoms. The van der Waals surface area contributed by atoms with E-state index in [9.17, 15) is 4.39 Å². The molecule has 35 heavy (non-hydrogen) atoms. The van der Waals surface area contributed by atoms with Gasteiger partial charge in [-0.3, -0.25) is 5.10 Å². The fraction of sp³-hybridized carbons (Fsp3) is 0.292. The molecule has 0 amide bonds. The summed E-state index contributed by atoms with van der Waals surface area (Å²) in [6.45, 7) is 6.80. The molecule has 1 fully saturated rings. The standard InChI is InChI=1S/C24H26F2N8O/c1-4-5-15-11-20(32-31-15)28-19-13-21(30-24(29-19)34-8-6-33(3)7-9-34)35-23-17(25)12-18-16(22(23)26)10-14(2)27-18/h4-5,10-13,27H,6-9H2,1-3H3,(H2,28,29,30,31,32)/b5-4+. The van der Waals surface area contributed by atoms with Crippen molar-refractivity contribution in [2.75, 3.05) is 43.4 Å². The van der Waals surface area contributed by atoms with Gasteiger partial charge in [0.2, 0.25) is 17.6 Å². The van der Waals surface area contributed by atoms with Crippen molar-refractivity contribution in [1.29, 1.82) is 0 Å². The number of allylic oxidation sites excluding steroid dienone is 1. The Kier molecular flexibility index (Phi) is 6.08. The summed E-state index contributed by atoms with van der Waals surface area (Å²) in [6, 6.07) is 6.14. The number of piperazine rings is 1. The van der Waals surface area contributed by atoms with Crippen LogP contribution in [0.5, 0.6) is 11.6 Å². The highest BCUT2D eigenvalue weighted by molar-refractivity contribution is 5.83. The lowest BCUT2D eigenvalue weighted by Gasteiger charge is -2.32. The van der Waals surface area contributed by atoms with E-state index in [0.29, 0.717) is 36.2 Å². The van der Waals surface area contributed by atoms with Gasteiger partial charge in [-0.25, -0.2) is 8.78 Å². The number of ether oxygens (including phenoxy) is 1. The number of rotatable bonds is 6. The molecule has 0 aliphatic carbocycles. The monoisotopic (exact) mass is 480 g/mol. The van der Waals surface area contributed by atoms with Crippen LogP contribution in [0.25, 0.3) is 17.0 Å². The van der Waals surface area contributed by atoms with E-state index in [0.717, 1.165) is 24.5 Å². The molecule has 4 heterocycles. The summed E-state index contributed by atoms with van der Waals surface area (Å²) >= 11 is 0. The van der Waals surface area contributed by atoms with Gasteiger partial charge in [0, 0.05) is 55.5 Å². The SMILES string of the molecule is C/C=C/c1cc(Nc2cc(Oc3c(F)cc4[nH]c(C)cc4c3F)nc(N3CCN(C)CC3)n2)n[nH]1. The second kappa shape index (κ2) is 9.34. The number of aromatic amines is 2. The van der Waals surface area contributed by atoms with E-state index in [1.807, 2.05) is 30.0 Å². The molecule has 1 saturated heterocycles. The van der Waals surface area contributed by atoms with Gasteiger partial charge in [0.25, 0.3) is 0 Å². The first-order chi connectivity index (χ1) is 16.9. The van der Waals surface area contributed by atoms with Crippen LogP contribution in [0.2, 0.25) is 0 Å². The van der Waals surface area contributed by atoms with Crippen molar-refractivity contribution in [2.24, 2.45) is 0 Å². The van der Waals surface area contributed by atoms with Gasteiger partial charge < -0.3 is 24.8 Å². The van der Waals surface area contributed by atoms with Crippen LogP contribution in [0.3, 0.4) is 0 Å². The topological polar surface area (TPSA) is 98.0 Å². The molecule has 3 N–H and O–H groups in total. The first-order valence-corrected chi connectivity index (χ1v) is 11.3. The van der Waals surface area contributed by atoms with Crippen LogP contribution < -0.4 is 15.0 Å². The maximum absolute atomic E-state index is 15.2. The molecule has 182 valence electrons. The molecule has 9 nitrogen and oxygen atoms in total. The summed E-state index contributed by atoms with van der Waals surface area (Å²) in [5, 5.41) is 10.5. The fourth-order valence-corrected chi connectivity index (χ4v) is 4.00. The molecular formula is C24H26F2N8O. The Labute approximate surface area is 200 Å². The first-order valence-electron chi connectivity index (χ1n) is 11.3. The zero-order chi connectivity index (χ0) is 24.5. The summed E-state index contributed by atoms with van der Waals surface area (Å²) in [5.74, 6) is -0.779. The zero-order valence-electron chi connectivity index (χ0n) is 19.7. The van der Waals surface area contributed by atoms with Crippen LogP contribution in [-0.2, 0) is 0 Å². The van der Waals surface area contributed by atoms with Crippen LogP contribution in [0.4, 0.5) is 26.4 Å². The minimum atomic E-state index is -0.825. The van der Waals surface area contributed by atoms with Crippen molar-refractivity contribution < 1.29 is 13.5 Å². The normalized spacial score (nSPS) is 14.8. The number of anilines is 3. The van der Waals surface area contributed by atoms with Crippen LogP contribution in [0.15, 0.2) is 30.3 Å². The number of halogens is 2. The Balaban J connectivity index is 1.51. The third-order valence-electron chi connectivity index (χ3n) is 5.79. The molecule has 1 aliphatic rings. The number of benzene rings is 1. The molecule has 3 aromatic heterocycles. The molecule has 0 radical (unpaired) electrons. The summed E-state index contributed by atoms with van der Waals surface area (Å²) in [6.07, 6.45) is 3.78. The fourth-order valence-electron chi connectivity index (χ4n) is 4.00. The van der Waals surface area contributed by atoms with E-state index in [2.05, 4.69) is 42.4 Å². The van der Waals surface area contributed by atoms with Gasteiger partial charge in [-0.2, -0.15) is 15.1 Å². The highest BCUT2D eigenvalue weighted by Gasteiger charge is 2.22. The second-order valence-corrected chi connectivity index (χ2v) is 8.53. The number of aryl methyl sites for hydroxylation is 1. The van der Waals surface area contributed by atoms with Crippen LogP contribution in [0.1, 0.15) is 18.3 Å². The van der Waals surface area contributed by atoms with Gasteiger partial charge >= 0.3 is 0 Å². The van der Waals surface area contributed by atoms with Crippen molar-refractivity contribution in [3.63, 3.8) is 0 Å². The van der Waals surface area contributed by atoms with Crippen molar-refractivity contribution in [2.45, 2.75) is 13.8 Å². The number of hydrogen-bond acceptors (Lipinski definition) is 7. The Morgan fingerprint density at radius 2 is 1.86 bits per heavy atom. The number of likely N-dealkylation sites (N-methyl/N-ethyl adjacent to an activating group) is 1. The zero-order valence-corrected chi connectivity index (χ0v) is 19.7. The average molecular weight is 481 g/mol. The summed E-state index contributed by atoms with van der Waals surface area (Å²) in [7, 11) is 2.05. The number of aromatic nitrogens is 5. The van der Waals surface area contributed by atoms with Crippen molar-refractivity contribution in [3.8, 4) is 11.6 Å². The average Bonchev–Trinajstić information content (AvgIpc) is 3.42. The highest BCUT2D eigenvalue weighted by Crippen LogP contribution is 2.34. The Hall–Kier alpha value is -3.99. The molecule has 0 unspecified atom stereocenters. The summed E-state index contributed by atoms with van der Waals surface area (Å²) in [5.41, 5.74) is 1.90. The van der Waals surface area contributed by atoms with Crippen molar-refractivity contribution >= 4 is 34.6 Å². The lowest BCUT2D eigenvalue weighted by molar-refractivity contribution is 0.310. The maximum Gasteiger partial charge on any atom is 0.230 e. The molecular weight excluding hydrogens is 454 g/mol. The van der Waals surface area contributed by atoms with E-state index in [-0.39, 0.29) is 11.3 Å². The predicted molar refractivity (Wildman–Crippen MR) is 131 cm³/mol. The molecule has 0 saturated carbocycles. The predicted octanol–water partition coefficient (Wildman–Crippen LogP) is 4.59. The molecule has 0 atom stereocenters. The number of hydrogen-bond donors (Lipinski definition) is 3. The van der Waals surface area contributed by atoms with Gasteiger partial charge in [0.05, 0.1) is 11.2 Å². The van der Waals surface area contributed by atoms with Gasteiger partial charge in [-0.1, -0.05) is 6.08 Å². The maximum atomic E-state index is 15.2. The van der Waals surface area contributed by atoms with Crippen molar-refractivity contribution in [1.82, 2.24) is 30.0 Å². The Morgan fingerprint density at radius 1 is 1.06 bits per heavy atom. The Morgan fingerprint density at radius 3 is 2.63 bits per heavy atom. The van der Waals surface area contributed by atoms with Crippen molar-refractivity contribution in [3.05, 3.63) is 53.4 Å². The number of H-pyrrole nitrogens is 2. The lowest BCUT2D eigenvalue weighted by atomic mass is 10.2. The van der Waals surface area contributed by atoms with E-state index < -0.39 is 17.4 Å². The minimum Gasteiger partial charge on any atom is -0.433 e. The summed E-state index contributed by atoms with van der Waals surface area (Å²) < 4.78 is 35.7. The largest absolute Gasteiger partial charge is 0.433 e. The van der Waals surface area contributed by atoms with E-state index in [1.165, 1.54) is 12.1 Å². The van der Waals surface area contributed by atoms with E-state index in [1.54, 1.807) is 13.0 Å².